The van der Waals surface area contributed by atoms with Gasteiger partial charge in [0.25, 0.3) is 0 Å². The zero-order chi connectivity index (χ0) is 18.8. The molecule has 8 heteroatoms. The lowest BCUT2D eigenvalue weighted by Gasteiger charge is -2.08. The highest BCUT2D eigenvalue weighted by atomic mass is 32.2. The predicted octanol–water partition coefficient (Wildman–Crippen LogP) is 3.76. The molecule has 0 aliphatic carbocycles. The summed E-state index contributed by atoms with van der Waals surface area (Å²) >= 11 is 1.34. The van der Waals surface area contributed by atoms with Gasteiger partial charge in [0.15, 0.2) is 16.6 Å². The van der Waals surface area contributed by atoms with Crippen molar-refractivity contribution in [3.05, 3.63) is 60.2 Å². The molecule has 2 aromatic carbocycles. The number of oxazole rings is 1. The zero-order valence-electron chi connectivity index (χ0n) is 14.8. The van der Waals surface area contributed by atoms with Crippen LogP contribution in [0.15, 0.2) is 58.1 Å². The summed E-state index contributed by atoms with van der Waals surface area (Å²) in [5, 5.41) is 11.9. The Morgan fingerprint density at radius 1 is 1.15 bits per heavy atom. The largest absolute Gasteiger partial charge is 0.441 e. The maximum Gasteiger partial charge on any atom is 0.234 e. The van der Waals surface area contributed by atoms with Crippen molar-refractivity contribution in [3.8, 4) is 5.69 Å². The van der Waals surface area contributed by atoms with E-state index in [1.54, 1.807) is 25.1 Å². The Kier molecular flexibility index (Phi) is 4.64. The number of nitrogens with zero attached hydrogens (tertiary/aromatic N) is 4. The van der Waals surface area contributed by atoms with Crippen molar-refractivity contribution >= 4 is 34.5 Å². The SMILES string of the molecule is Cc1nc2cc(NC(=O)CSc3nnc(C)n3-c3ccccc3)ccc2o1. The maximum absolute atomic E-state index is 12.3. The molecule has 1 N–H and O–H groups in total. The van der Waals surface area contributed by atoms with Gasteiger partial charge in [-0.3, -0.25) is 9.36 Å². The molecule has 4 rings (SSSR count). The Bertz CT molecular complexity index is 1100. The van der Waals surface area contributed by atoms with Crippen molar-refractivity contribution < 1.29 is 9.21 Å². The van der Waals surface area contributed by atoms with Crippen LogP contribution in [0.1, 0.15) is 11.7 Å². The van der Waals surface area contributed by atoms with Crippen LogP contribution in [-0.4, -0.2) is 31.4 Å². The Morgan fingerprint density at radius 2 is 1.96 bits per heavy atom. The molecule has 0 saturated carbocycles. The number of carbonyl (C=O) groups excluding carboxylic acids is 1. The van der Waals surface area contributed by atoms with Gasteiger partial charge in [-0.1, -0.05) is 30.0 Å². The second-order valence-corrected chi connectivity index (χ2v) is 6.90. The van der Waals surface area contributed by atoms with Crippen LogP contribution in [0.5, 0.6) is 0 Å². The number of fused-ring (bicyclic) bond motifs is 1. The second-order valence-electron chi connectivity index (χ2n) is 5.95. The van der Waals surface area contributed by atoms with E-state index in [9.17, 15) is 4.79 Å². The molecule has 0 radical (unpaired) electrons. The summed E-state index contributed by atoms with van der Waals surface area (Å²) in [4.78, 5) is 16.6. The van der Waals surface area contributed by atoms with Gasteiger partial charge in [-0.15, -0.1) is 10.2 Å². The number of aryl methyl sites for hydroxylation is 2. The summed E-state index contributed by atoms with van der Waals surface area (Å²) in [5.41, 5.74) is 3.07. The lowest BCUT2D eigenvalue weighted by atomic mass is 10.3. The molecule has 0 aliphatic heterocycles. The molecular formula is C19H17N5O2S. The first kappa shape index (κ1) is 17.3. The average molecular weight is 379 g/mol. The molecule has 0 aliphatic rings. The van der Waals surface area contributed by atoms with Crippen molar-refractivity contribution in [2.75, 3.05) is 11.1 Å². The molecule has 0 spiro atoms. The van der Waals surface area contributed by atoms with E-state index in [0.29, 0.717) is 22.3 Å². The Labute approximate surface area is 159 Å². The summed E-state index contributed by atoms with van der Waals surface area (Å²) in [6, 6.07) is 15.2. The standard InChI is InChI=1S/C19H17N5O2S/c1-12-22-23-19(24(12)15-6-4-3-5-7-15)27-11-18(25)21-14-8-9-17-16(10-14)20-13(2)26-17/h3-10H,11H2,1-2H3,(H,21,25). The minimum Gasteiger partial charge on any atom is -0.441 e. The molecule has 27 heavy (non-hydrogen) atoms. The number of amides is 1. The Hall–Kier alpha value is -3.13. The van der Waals surface area contributed by atoms with Crippen LogP contribution in [0.3, 0.4) is 0 Å². The lowest BCUT2D eigenvalue weighted by molar-refractivity contribution is -0.113. The highest BCUT2D eigenvalue weighted by molar-refractivity contribution is 7.99. The van der Waals surface area contributed by atoms with Crippen molar-refractivity contribution in [2.45, 2.75) is 19.0 Å². The van der Waals surface area contributed by atoms with Crippen LogP contribution in [-0.2, 0) is 4.79 Å². The first-order valence-electron chi connectivity index (χ1n) is 8.37. The van der Waals surface area contributed by atoms with Gasteiger partial charge >= 0.3 is 0 Å². The second kappa shape index (κ2) is 7.24. The number of hydrogen-bond acceptors (Lipinski definition) is 6. The third-order valence-electron chi connectivity index (χ3n) is 3.92. The zero-order valence-corrected chi connectivity index (χ0v) is 15.7. The summed E-state index contributed by atoms with van der Waals surface area (Å²) in [5.74, 6) is 1.47. The van der Waals surface area contributed by atoms with Gasteiger partial charge in [-0.05, 0) is 37.3 Å². The summed E-state index contributed by atoms with van der Waals surface area (Å²) < 4.78 is 7.38. The number of para-hydroxylation sites is 1. The molecule has 2 aromatic heterocycles. The van der Waals surface area contributed by atoms with E-state index in [-0.39, 0.29) is 11.7 Å². The van der Waals surface area contributed by atoms with Gasteiger partial charge < -0.3 is 9.73 Å². The third kappa shape index (κ3) is 3.70. The molecule has 2 heterocycles. The van der Waals surface area contributed by atoms with E-state index in [1.807, 2.05) is 41.8 Å². The minimum absolute atomic E-state index is 0.125. The summed E-state index contributed by atoms with van der Waals surface area (Å²) in [6.07, 6.45) is 0. The first-order chi connectivity index (χ1) is 13.1. The van der Waals surface area contributed by atoms with Gasteiger partial charge in [0.05, 0.1) is 5.75 Å². The molecule has 4 aromatic rings. The van der Waals surface area contributed by atoms with E-state index in [2.05, 4.69) is 20.5 Å². The number of thioether (sulfide) groups is 1. The van der Waals surface area contributed by atoms with Crippen LogP contribution < -0.4 is 5.32 Å². The average Bonchev–Trinajstić information content (AvgIpc) is 3.21. The highest BCUT2D eigenvalue weighted by Crippen LogP contribution is 2.23. The molecule has 7 nitrogen and oxygen atoms in total. The molecule has 0 bridgehead atoms. The van der Waals surface area contributed by atoms with Gasteiger partial charge in [-0.25, -0.2) is 4.98 Å². The van der Waals surface area contributed by atoms with Crippen LogP contribution in [0.25, 0.3) is 16.8 Å². The van der Waals surface area contributed by atoms with Crippen LogP contribution in [0, 0.1) is 13.8 Å². The van der Waals surface area contributed by atoms with Crippen molar-refractivity contribution in [1.29, 1.82) is 0 Å². The summed E-state index contributed by atoms with van der Waals surface area (Å²) in [6.45, 7) is 3.68. The number of aromatic nitrogens is 4. The van der Waals surface area contributed by atoms with Crippen LogP contribution in [0.2, 0.25) is 0 Å². The monoisotopic (exact) mass is 379 g/mol. The Morgan fingerprint density at radius 3 is 2.78 bits per heavy atom. The predicted molar refractivity (Wildman–Crippen MR) is 104 cm³/mol. The van der Waals surface area contributed by atoms with Crippen LogP contribution >= 0.6 is 11.8 Å². The molecule has 136 valence electrons. The van der Waals surface area contributed by atoms with Crippen molar-refractivity contribution in [1.82, 2.24) is 19.7 Å². The number of hydrogen-bond donors (Lipinski definition) is 1. The van der Waals surface area contributed by atoms with E-state index in [0.717, 1.165) is 17.0 Å². The van der Waals surface area contributed by atoms with Gasteiger partial charge in [-0.2, -0.15) is 0 Å². The van der Waals surface area contributed by atoms with Gasteiger partial charge in [0, 0.05) is 18.3 Å². The van der Waals surface area contributed by atoms with E-state index >= 15 is 0 Å². The Balaban J connectivity index is 1.45. The first-order valence-corrected chi connectivity index (χ1v) is 9.36. The van der Waals surface area contributed by atoms with Crippen molar-refractivity contribution in [3.63, 3.8) is 0 Å². The highest BCUT2D eigenvalue weighted by Gasteiger charge is 2.13. The van der Waals surface area contributed by atoms with Crippen LogP contribution in [0.4, 0.5) is 5.69 Å². The number of anilines is 1. The number of nitrogens with one attached hydrogen (secondary N) is 1. The normalized spacial score (nSPS) is 11.0. The topological polar surface area (TPSA) is 85.8 Å². The fraction of sp³-hybridized carbons (Fsp3) is 0.158. The molecular weight excluding hydrogens is 362 g/mol. The summed E-state index contributed by atoms with van der Waals surface area (Å²) in [7, 11) is 0. The molecule has 0 saturated heterocycles. The van der Waals surface area contributed by atoms with E-state index in [1.165, 1.54) is 11.8 Å². The van der Waals surface area contributed by atoms with Crippen molar-refractivity contribution in [2.24, 2.45) is 0 Å². The lowest BCUT2D eigenvalue weighted by Crippen LogP contribution is -2.14. The minimum atomic E-state index is -0.125. The quantitative estimate of drug-likeness (QED) is 0.532. The smallest absolute Gasteiger partial charge is 0.234 e. The fourth-order valence-corrected chi connectivity index (χ4v) is 3.56. The molecule has 0 fully saturated rings. The van der Waals surface area contributed by atoms with Gasteiger partial charge in [0.1, 0.15) is 11.3 Å². The third-order valence-corrected chi connectivity index (χ3v) is 4.85. The number of carbonyl (C=O) groups is 1. The number of rotatable bonds is 5. The molecule has 1 amide bonds. The molecule has 0 unspecified atom stereocenters. The maximum atomic E-state index is 12.3. The number of benzene rings is 2. The van der Waals surface area contributed by atoms with Gasteiger partial charge in [0.2, 0.25) is 5.91 Å². The molecule has 0 atom stereocenters. The van der Waals surface area contributed by atoms with E-state index in [4.69, 9.17) is 4.42 Å². The van der Waals surface area contributed by atoms with E-state index < -0.39 is 0 Å². The fourth-order valence-electron chi connectivity index (χ4n) is 2.76.